The molecular weight excluding hydrogens is 274 g/mol. The Morgan fingerprint density at radius 2 is 2.05 bits per heavy atom. The highest BCUT2D eigenvalue weighted by molar-refractivity contribution is 8.00. The van der Waals surface area contributed by atoms with Gasteiger partial charge in [-0.05, 0) is 31.2 Å². The minimum atomic E-state index is -0.932. The first-order chi connectivity index (χ1) is 9.51. The molecule has 0 amide bonds. The second kappa shape index (κ2) is 7.43. The highest BCUT2D eigenvalue weighted by Gasteiger charge is 2.25. The van der Waals surface area contributed by atoms with Crippen LogP contribution in [-0.2, 0) is 0 Å². The van der Waals surface area contributed by atoms with Gasteiger partial charge in [-0.2, -0.15) is 11.8 Å². The third kappa shape index (κ3) is 3.82. The summed E-state index contributed by atoms with van der Waals surface area (Å²) in [6, 6.07) is 4.97. The highest BCUT2D eigenvalue weighted by atomic mass is 32.2. The molecule has 1 aromatic carbocycles. The number of carbonyl (C=O) groups is 1. The number of thioether (sulfide) groups is 1. The van der Waals surface area contributed by atoms with Crippen molar-refractivity contribution in [3.63, 3.8) is 0 Å². The predicted octanol–water partition coefficient (Wildman–Crippen LogP) is 3.73. The maximum atomic E-state index is 11.3. The van der Waals surface area contributed by atoms with Crippen LogP contribution in [0, 0.1) is 0 Å². The van der Waals surface area contributed by atoms with E-state index in [1.807, 2.05) is 11.8 Å². The maximum absolute atomic E-state index is 11.3. The second-order valence-electron chi connectivity index (χ2n) is 4.66. The van der Waals surface area contributed by atoms with Crippen molar-refractivity contribution in [3.05, 3.63) is 23.8 Å². The monoisotopic (exact) mass is 297 g/mol. The fraction of sp³-hybridized carbons (Fsp3) is 0.533. The van der Waals surface area contributed by atoms with E-state index < -0.39 is 5.97 Å². The summed E-state index contributed by atoms with van der Waals surface area (Å²) in [6.07, 6.45) is 4.16. The molecule has 5 heteroatoms. The lowest BCUT2D eigenvalue weighted by Crippen LogP contribution is -2.32. The molecule has 0 radical (unpaired) electrons. The number of aromatic carboxylic acids is 1. The van der Waals surface area contributed by atoms with Crippen molar-refractivity contribution in [3.8, 4) is 5.75 Å². The topological polar surface area (TPSA) is 58.6 Å². The van der Waals surface area contributed by atoms with Crippen LogP contribution in [0.1, 0.15) is 37.0 Å². The molecule has 0 saturated carbocycles. The van der Waals surface area contributed by atoms with Crippen molar-refractivity contribution in [1.82, 2.24) is 0 Å². The zero-order valence-corrected chi connectivity index (χ0v) is 13.3. The average Bonchev–Trinajstić information content (AvgIpc) is 2.48. The van der Waals surface area contributed by atoms with Gasteiger partial charge in [-0.3, -0.25) is 0 Å². The molecule has 2 N–H and O–H groups in total. The molecule has 1 rings (SSSR count). The number of nitrogens with one attached hydrogen (secondary N) is 1. The molecule has 112 valence electrons. The highest BCUT2D eigenvalue weighted by Crippen LogP contribution is 2.32. The van der Waals surface area contributed by atoms with E-state index in [4.69, 9.17) is 4.74 Å². The molecule has 0 aliphatic carbocycles. The van der Waals surface area contributed by atoms with Gasteiger partial charge >= 0.3 is 5.97 Å². The van der Waals surface area contributed by atoms with Crippen LogP contribution >= 0.6 is 11.8 Å². The number of methoxy groups -OCH3 is 1. The molecule has 4 nitrogen and oxygen atoms in total. The van der Waals surface area contributed by atoms with Crippen molar-refractivity contribution in [1.29, 1.82) is 0 Å². The Labute approximate surface area is 124 Å². The van der Waals surface area contributed by atoms with Gasteiger partial charge in [0.25, 0.3) is 0 Å². The molecule has 0 unspecified atom stereocenters. The van der Waals surface area contributed by atoms with Gasteiger partial charge in [-0.1, -0.05) is 13.8 Å². The van der Waals surface area contributed by atoms with Crippen LogP contribution in [0.15, 0.2) is 18.2 Å². The minimum Gasteiger partial charge on any atom is -0.497 e. The average molecular weight is 297 g/mol. The zero-order chi connectivity index (χ0) is 15.2. The number of anilines is 1. The fourth-order valence-corrected chi connectivity index (χ4v) is 2.89. The van der Waals surface area contributed by atoms with Crippen molar-refractivity contribution < 1.29 is 14.6 Å². The quantitative estimate of drug-likeness (QED) is 0.765. The van der Waals surface area contributed by atoms with E-state index in [-0.39, 0.29) is 10.3 Å². The van der Waals surface area contributed by atoms with Crippen molar-refractivity contribution in [2.75, 3.05) is 25.2 Å². The largest absolute Gasteiger partial charge is 0.497 e. The summed E-state index contributed by atoms with van der Waals surface area (Å²) in [5.74, 6) is -0.279. The van der Waals surface area contributed by atoms with Crippen molar-refractivity contribution in [2.24, 2.45) is 0 Å². The summed E-state index contributed by atoms with van der Waals surface area (Å²) in [4.78, 5) is 11.3. The number of hydrogen-bond acceptors (Lipinski definition) is 4. The van der Waals surface area contributed by atoms with Gasteiger partial charge in [0.1, 0.15) is 5.75 Å². The lowest BCUT2D eigenvalue weighted by Gasteiger charge is -2.30. The number of hydrogen-bond donors (Lipinski definition) is 2. The van der Waals surface area contributed by atoms with Crippen LogP contribution in [-0.4, -0.2) is 35.7 Å². The Hall–Kier alpha value is -1.36. The first-order valence-corrected chi connectivity index (χ1v) is 7.94. The van der Waals surface area contributed by atoms with E-state index >= 15 is 0 Å². The van der Waals surface area contributed by atoms with E-state index in [0.29, 0.717) is 11.4 Å². The third-order valence-corrected chi connectivity index (χ3v) is 5.37. The minimum absolute atomic E-state index is 0.124. The standard InChI is InChI=1S/C15H23NO3S/c1-5-15(6-2,20-4)10-16-13-9-11(19-3)7-8-12(13)14(17)18/h7-9,16H,5-6,10H2,1-4H3,(H,17,18). The molecule has 0 heterocycles. The first-order valence-electron chi connectivity index (χ1n) is 6.72. The van der Waals surface area contributed by atoms with E-state index in [1.54, 1.807) is 25.3 Å². The van der Waals surface area contributed by atoms with E-state index in [9.17, 15) is 9.90 Å². The molecule has 0 fully saturated rings. The van der Waals surface area contributed by atoms with Crippen LogP contribution in [0.25, 0.3) is 0 Å². The third-order valence-electron chi connectivity index (χ3n) is 3.78. The van der Waals surface area contributed by atoms with Crippen LogP contribution in [0.5, 0.6) is 5.75 Å². The Kier molecular flexibility index (Phi) is 6.20. The predicted molar refractivity (Wildman–Crippen MR) is 85.3 cm³/mol. The maximum Gasteiger partial charge on any atom is 0.337 e. The van der Waals surface area contributed by atoms with Crippen LogP contribution in [0.4, 0.5) is 5.69 Å². The Balaban J connectivity index is 2.98. The SMILES string of the molecule is CCC(CC)(CNc1cc(OC)ccc1C(=O)O)SC. The lowest BCUT2D eigenvalue weighted by molar-refractivity contribution is 0.0698. The van der Waals surface area contributed by atoms with Gasteiger partial charge in [0, 0.05) is 17.4 Å². The van der Waals surface area contributed by atoms with Gasteiger partial charge in [0.2, 0.25) is 0 Å². The Morgan fingerprint density at radius 1 is 1.40 bits per heavy atom. The number of rotatable bonds is 8. The molecule has 1 aromatic rings. The van der Waals surface area contributed by atoms with Gasteiger partial charge in [0.05, 0.1) is 18.4 Å². The first kappa shape index (κ1) is 16.7. The molecule has 0 atom stereocenters. The van der Waals surface area contributed by atoms with Gasteiger partial charge in [-0.25, -0.2) is 4.79 Å². The molecule has 0 spiro atoms. The lowest BCUT2D eigenvalue weighted by atomic mass is 10.0. The molecule has 20 heavy (non-hydrogen) atoms. The van der Waals surface area contributed by atoms with Crippen LogP contribution < -0.4 is 10.1 Å². The number of ether oxygens (including phenoxy) is 1. The molecule has 0 aromatic heterocycles. The fourth-order valence-electron chi connectivity index (χ4n) is 2.10. The summed E-state index contributed by atoms with van der Waals surface area (Å²) in [7, 11) is 1.57. The van der Waals surface area contributed by atoms with Gasteiger partial charge in [0.15, 0.2) is 0 Å². The normalized spacial score (nSPS) is 11.2. The number of benzene rings is 1. The second-order valence-corrected chi connectivity index (χ2v) is 5.94. The molecule has 0 aliphatic rings. The Bertz CT molecular complexity index is 450. The zero-order valence-electron chi connectivity index (χ0n) is 12.5. The van der Waals surface area contributed by atoms with Crippen molar-refractivity contribution >= 4 is 23.4 Å². The molecule has 0 saturated heterocycles. The summed E-state index contributed by atoms with van der Waals surface area (Å²) in [6.45, 7) is 5.05. The Morgan fingerprint density at radius 3 is 2.50 bits per heavy atom. The van der Waals surface area contributed by atoms with E-state index in [0.717, 1.165) is 19.4 Å². The van der Waals surface area contributed by atoms with E-state index in [2.05, 4.69) is 25.4 Å². The summed E-state index contributed by atoms with van der Waals surface area (Å²) in [5.41, 5.74) is 0.880. The molecular formula is C15H23NO3S. The smallest absolute Gasteiger partial charge is 0.337 e. The van der Waals surface area contributed by atoms with Crippen LogP contribution in [0.3, 0.4) is 0 Å². The summed E-state index contributed by atoms with van der Waals surface area (Å²) >= 11 is 1.82. The van der Waals surface area contributed by atoms with Crippen LogP contribution in [0.2, 0.25) is 0 Å². The van der Waals surface area contributed by atoms with E-state index in [1.165, 1.54) is 0 Å². The van der Waals surface area contributed by atoms with Crippen molar-refractivity contribution in [2.45, 2.75) is 31.4 Å². The number of carboxylic acid groups (broad SMARTS) is 1. The van der Waals surface area contributed by atoms with Gasteiger partial charge < -0.3 is 15.2 Å². The molecule has 0 aliphatic heterocycles. The summed E-state index contributed by atoms with van der Waals surface area (Å²) in [5, 5.41) is 12.5. The number of carboxylic acids is 1. The molecule has 0 bridgehead atoms. The summed E-state index contributed by atoms with van der Waals surface area (Å²) < 4.78 is 5.29. The van der Waals surface area contributed by atoms with Gasteiger partial charge in [-0.15, -0.1) is 0 Å².